The van der Waals surface area contributed by atoms with E-state index >= 15 is 0 Å². The Morgan fingerprint density at radius 2 is 1.72 bits per heavy atom. The van der Waals surface area contributed by atoms with Crippen LogP contribution < -0.4 is 0 Å². The van der Waals surface area contributed by atoms with Gasteiger partial charge in [0.2, 0.25) is 0 Å². The van der Waals surface area contributed by atoms with E-state index in [1.54, 1.807) is 7.11 Å². The maximum atomic E-state index is 13.4. The van der Waals surface area contributed by atoms with Crippen LogP contribution in [0.2, 0.25) is 0 Å². The third kappa shape index (κ3) is 6.05. The van der Waals surface area contributed by atoms with E-state index in [9.17, 15) is 9.59 Å². The maximum absolute atomic E-state index is 13.4. The fourth-order valence-corrected chi connectivity index (χ4v) is 6.10. The molecule has 3 aliphatic rings. The Bertz CT molecular complexity index is 900. The van der Waals surface area contributed by atoms with Crippen molar-refractivity contribution in [2.24, 2.45) is 10.8 Å². The fraction of sp³-hybridized carbons (Fsp3) is 0.724. The molecule has 2 saturated carbocycles. The first kappa shape index (κ1) is 26.9. The Morgan fingerprint density at radius 3 is 2.25 bits per heavy atom. The number of rotatable bonds is 9. The molecule has 0 bridgehead atoms. The highest BCUT2D eigenvalue weighted by atomic mass is 16.6. The van der Waals surface area contributed by atoms with Crippen LogP contribution in [0, 0.1) is 10.8 Å². The molecule has 0 spiro atoms. The van der Waals surface area contributed by atoms with Gasteiger partial charge in [0.05, 0.1) is 19.1 Å². The quantitative estimate of drug-likeness (QED) is 0.452. The summed E-state index contributed by atoms with van der Waals surface area (Å²) in [5, 5.41) is 0. The average molecular weight is 501 g/mol. The zero-order valence-corrected chi connectivity index (χ0v) is 22.8. The van der Waals surface area contributed by atoms with Gasteiger partial charge in [-0.3, -0.25) is 4.79 Å². The summed E-state index contributed by atoms with van der Waals surface area (Å²) >= 11 is 0. The van der Waals surface area contributed by atoms with Gasteiger partial charge in [-0.25, -0.2) is 4.79 Å². The SMILES string of the molecule is COCC1(CN(C(=O)OC(C)(C)C)[C@@H]2CC2c2ccccc2)CCN(CC2(C(=O)OC)CCC2)CC1. The van der Waals surface area contributed by atoms with Gasteiger partial charge in [0.25, 0.3) is 0 Å². The summed E-state index contributed by atoms with van der Waals surface area (Å²) in [7, 11) is 3.24. The van der Waals surface area contributed by atoms with E-state index < -0.39 is 5.60 Å². The van der Waals surface area contributed by atoms with Crippen LogP contribution in [0.3, 0.4) is 0 Å². The molecule has 4 rings (SSSR count). The summed E-state index contributed by atoms with van der Waals surface area (Å²) in [6, 6.07) is 10.6. The molecule has 3 fully saturated rings. The smallest absolute Gasteiger partial charge is 0.410 e. The van der Waals surface area contributed by atoms with Crippen LogP contribution in [-0.2, 0) is 19.0 Å². The van der Waals surface area contributed by atoms with Gasteiger partial charge >= 0.3 is 12.1 Å². The van der Waals surface area contributed by atoms with Crippen molar-refractivity contribution in [3.8, 4) is 0 Å². The van der Waals surface area contributed by atoms with Gasteiger partial charge < -0.3 is 24.0 Å². The number of piperidine rings is 1. The Morgan fingerprint density at radius 1 is 1.06 bits per heavy atom. The van der Waals surface area contributed by atoms with Crippen LogP contribution in [0.15, 0.2) is 30.3 Å². The molecule has 0 aromatic heterocycles. The lowest BCUT2D eigenvalue weighted by atomic mass is 9.68. The Kier molecular flexibility index (Phi) is 8.01. The number of carbonyl (C=O) groups is 2. The number of amides is 1. The van der Waals surface area contributed by atoms with Crippen LogP contribution in [0.25, 0.3) is 0 Å². The van der Waals surface area contributed by atoms with Gasteiger partial charge in [-0.1, -0.05) is 36.8 Å². The molecule has 0 radical (unpaired) electrons. The molecule has 1 amide bonds. The molecule has 1 aromatic carbocycles. The highest BCUT2D eigenvalue weighted by Crippen LogP contribution is 2.48. The van der Waals surface area contributed by atoms with Crippen LogP contribution in [0.5, 0.6) is 0 Å². The monoisotopic (exact) mass is 500 g/mol. The van der Waals surface area contributed by atoms with Gasteiger partial charge in [-0.05, 0) is 71.5 Å². The van der Waals surface area contributed by atoms with E-state index in [1.165, 1.54) is 12.7 Å². The predicted molar refractivity (Wildman–Crippen MR) is 139 cm³/mol. The van der Waals surface area contributed by atoms with E-state index in [2.05, 4.69) is 29.2 Å². The lowest BCUT2D eigenvalue weighted by molar-refractivity contribution is -0.161. The molecule has 0 N–H and O–H groups in total. The van der Waals surface area contributed by atoms with Gasteiger partial charge in [-0.2, -0.15) is 0 Å². The second-order valence-corrected chi connectivity index (χ2v) is 12.3. The van der Waals surface area contributed by atoms with E-state index in [1.807, 2.05) is 31.7 Å². The van der Waals surface area contributed by atoms with Crippen molar-refractivity contribution in [2.45, 2.75) is 76.9 Å². The predicted octanol–water partition coefficient (Wildman–Crippen LogP) is 4.85. The minimum atomic E-state index is -0.546. The van der Waals surface area contributed by atoms with Crippen LogP contribution in [0.4, 0.5) is 4.79 Å². The second kappa shape index (κ2) is 10.7. The molecule has 1 heterocycles. The van der Waals surface area contributed by atoms with Crippen molar-refractivity contribution in [1.29, 1.82) is 0 Å². The summed E-state index contributed by atoms with van der Waals surface area (Å²) in [6.45, 7) is 9.53. The van der Waals surface area contributed by atoms with E-state index in [4.69, 9.17) is 14.2 Å². The molecule has 7 heteroatoms. The summed E-state index contributed by atoms with van der Waals surface area (Å²) in [5.74, 6) is 0.274. The number of likely N-dealkylation sites (tertiary alicyclic amines) is 1. The molecule has 2 aliphatic carbocycles. The zero-order chi connectivity index (χ0) is 26.0. The number of ether oxygens (including phenoxy) is 3. The van der Waals surface area contributed by atoms with Crippen LogP contribution in [-0.4, -0.2) is 80.5 Å². The fourth-order valence-electron chi connectivity index (χ4n) is 6.10. The number of benzene rings is 1. The Labute approximate surface area is 216 Å². The normalized spacial score (nSPS) is 24.9. The maximum Gasteiger partial charge on any atom is 0.410 e. The van der Waals surface area contributed by atoms with Gasteiger partial charge in [0.1, 0.15) is 5.60 Å². The van der Waals surface area contributed by atoms with Crippen molar-refractivity contribution < 1.29 is 23.8 Å². The summed E-state index contributed by atoms with van der Waals surface area (Å²) < 4.78 is 16.7. The molecular formula is C29H44N2O5. The van der Waals surface area contributed by atoms with E-state index in [0.717, 1.165) is 58.2 Å². The van der Waals surface area contributed by atoms with Crippen molar-refractivity contribution in [2.75, 3.05) is 47.0 Å². The number of esters is 1. The largest absolute Gasteiger partial charge is 0.469 e. The first-order chi connectivity index (χ1) is 17.1. The highest BCUT2D eigenvalue weighted by Gasteiger charge is 2.51. The lowest BCUT2D eigenvalue weighted by Gasteiger charge is -2.48. The van der Waals surface area contributed by atoms with Gasteiger partial charge in [0, 0.05) is 37.6 Å². The molecule has 1 aromatic rings. The van der Waals surface area contributed by atoms with Crippen molar-refractivity contribution in [1.82, 2.24) is 9.80 Å². The van der Waals surface area contributed by atoms with E-state index in [0.29, 0.717) is 19.1 Å². The first-order valence-corrected chi connectivity index (χ1v) is 13.4. The molecule has 1 unspecified atom stereocenters. The highest BCUT2D eigenvalue weighted by molar-refractivity contribution is 5.78. The minimum absolute atomic E-state index is 0.0701. The summed E-state index contributed by atoms with van der Waals surface area (Å²) in [5.41, 5.74) is 0.259. The van der Waals surface area contributed by atoms with Gasteiger partial charge in [-0.15, -0.1) is 0 Å². The van der Waals surface area contributed by atoms with Crippen molar-refractivity contribution in [3.05, 3.63) is 35.9 Å². The summed E-state index contributed by atoms with van der Waals surface area (Å²) in [4.78, 5) is 30.3. The van der Waals surface area contributed by atoms with Crippen LogP contribution in [0.1, 0.15) is 70.8 Å². The zero-order valence-electron chi connectivity index (χ0n) is 22.8. The molecule has 1 saturated heterocycles. The minimum Gasteiger partial charge on any atom is -0.469 e. The average Bonchev–Trinajstić information content (AvgIpc) is 3.61. The molecule has 1 aliphatic heterocycles. The van der Waals surface area contributed by atoms with Crippen molar-refractivity contribution in [3.63, 3.8) is 0 Å². The molecule has 2 atom stereocenters. The Balaban J connectivity index is 1.46. The molecule has 7 nitrogen and oxygen atoms in total. The molecule has 200 valence electrons. The number of hydrogen-bond donors (Lipinski definition) is 0. The van der Waals surface area contributed by atoms with Crippen molar-refractivity contribution >= 4 is 12.1 Å². The Hall–Kier alpha value is -2.12. The third-order valence-corrected chi connectivity index (χ3v) is 8.34. The number of nitrogens with zero attached hydrogens (tertiary/aromatic N) is 2. The first-order valence-electron chi connectivity index (χ1n) is 13.4. The van der Waals surface area contributed by atoms with E-state index in [-0.39, 0.29) is 28.9 Å². The number of carbonyl (C=O) groups excluding carboxylic acids is 2. The van der Waals surface area contributed by atoms with Crippen LogP contribution >= 0.6 is 0 Å². The third-order valence-electron chi connectivity index (χ3n) is 8.34. The molecular weight excluding hydrogens is 456 g/mol. The van der Waals surface area contributed by atoms with Gasteiger partial charge in [0.15, 0.2) is 0 Å². The number of methoxy groups -OCH3 is 2. The lowest BCUT2D eigenvalue weighted by Crippen LogP contribution is -2.54. The second-order valence-electron chi connectivity index (χ2n) is 12.3. The standard InChI is InChI=1S/C29H44N2O5/c1-27(2,3)36-26(33)31(24-18-23(24)22-10-7-6-8-11-22)19-28(21-34-4)14-16-30(17-15-28)20-29(12-9-13-29)25(32)35-5/h6-8,10-11,23-24H,9,12-21H2,1-5H3/t23?,24-/m1/s1. The number of hydrogen-bond acceptors (Lipinski definition) is 6. The topological polar surface area (TPSA) is 68.3 Å². The summed E-state index contributed by atoms with van der Waals surface area (Å²) in [6.07, 6.45) is 5.47. The molecule has 36 heavy (non-hydrogen) atoms.